The lowest BCUT2D eigenvalue weighted by Crippen LogP contribution is -2.30. The molecule has 0 saturated carbocycles. The molecule has 5 nitrogen and oxygen atoms in total. The molecule has 2 aromatic rings. The van der Waals surface area contributed by atoms with Gasteiger partial charge in [-0.3, -0.25) is 11.3 Å². The fourth-order valence-corrected chi connectivity index (χ4v) is 2.05. The summed E-state index contributed by atoms with van der Waals surface area (Å²) in [6.45, 7) is 0. The first kappa shape index (κ1) is 13.6. The van der Waals surface area contributed by atoms with E-state index in [4.69, 9.17) is 5.84 Å². The molecule has 2 rings (SSSR count). The number of imidazole rings is 1. The molecule has 0 aliphatic heterocycles. The lowest BCUT2D eigenvalue weighted by atomic mass is 10.0. The zero-order valence-electron chi connectivity index (χ0n) is 11.7. The zero-order chi connectivity index (χ0) is 13.8. The molecule has 0 radical (unpaired) electrons. The summed E-state index contributed by atoms with van der Waals surface area (Å²) in [7, 11) is 6.05. The van der Waals surface area contributed by atoms with E-state index >= 15 is 0 Å². The van der Waals surface area contributed by atoms with Crippen LogP contribution in [-0.4, -0.2) is 23.6 Å². The fourth-order valence-electron chi connectivity index (χ4n) is 2.05. The summed E-state index contributed by atoms with van der Waals surface area (Å²) in [4.78, 5) is 6.41. The van der Waals surface area contributed by atoms with E-state index in [-0.39, 0.29) is 6.04 Å². The standard InChI is InChI=1S/C14H21N5/c1-18(2)12-6-4-11(5-7-12)13(17-15)10-14-16-8-9-19(14)3/h4-9,13,17H,10,15H2,1-3H3. The SMILES string of the molecule is CN(C)c1ccc(C(Cc2nccn2C)NN)cc1. The van der Waals surface area contributed by atoms with E-state index in [2.05, 4.69) is 39.6 Å². The maximum Gasteiger partial charge on any atom is 0.110 e. The van der Waals surface area contributed by atoms with Crippen LogP contribution in [0.3, 0.4) is 0 Å². The highest BCUT2D eigenvalue weighted by Crippen LogP contribution is 2.20. The highest BCUT2D eigenvalue weighted by molar-refractivity contribution is 5.46. The third-order valence-corrected chi connectivity index (χ3v) is 3.32. The molecule has 3 N–H and O–H groups in total. The van der Waals surface area contributed by atoms with Crippen molar-refractivity contribution in [1.29, 1.82) is 0 Å². The van der Waals surface area contributed by atoms with Crippen molar-refractivity contribution in [2.24, 2.45) is 12.9 Å². The van der Waals surface area contributed by atoms with Crippen LogP contribution in [0.25, 0.3) is 0 Å². The molecule has 0 aliphatic carbocycles. The van der Waals surface area contributed by atoms with Gasteiger partial charge in [-0.25, -0.2) is 4.98 Å². The monoisotopic (exact) mass is 259 g/mol. The molecule has 0 fully saturated rings. The average molecular weight is 259 g/mol. The predicted molar refractivity (Wildman–Crippen MR) is 77.7 cm³/mol. The normalized spacial score (nSPS) is 12.4. The minimum absolute atomic E-state index is 0.0670. The van der Waals surface area contributed by atoms with Gasteiger partial charge < -0.3 is 9.47 Å². The van der Waals surface area contributed by atoms with Crippen LogP contribution in [0.2, 0.25) is 0 Å². The Hall–Kier alpha value is -1.85. The molecule has 0 aliphatic rings. The summed E-state index contributed by atoms with van der Waals surface area (Å²) in [5.41, 5.74) is 5.21. The summed E-state index contributed by atoms with van der Waals surface area (Å²) < 4.78 is 2.01. The number of hydrogen-bond acceptors (Lipinski definition) is 4. The molecular weight excluding hydrogens is 238 g/mol. The largest absolute Gasteiger partial charge is 0.378 e. The first-order valence-electron chi connectivity index (χ1n) is 6.31. The molecule has 1 aromatic carbocycles. The van der Waals surface area contributed by atoms with Gasteiger partial charge in [-0.2, -0.15) is 0 Å². The lowest BCUT2D eigenvalue weighted by Gasteiger charge is -2.18. The van der Waals surface area contributed by atoms with Crippen LogP contribution in [-0.2, 0) is 13.5 Å². The van der Waals surface area contributed by atoms with Crippen molar-refractivity contribution < 1.29 is 0 Å². The second-order valence-corrected chi connectivity index (χ2v) is 4.86. The predicted octanol–water partition coefficient (Wildman–Crippen LogP) is 1.23. The number of nitrogens with two attached hydrogens (primary N) is 1. The van der Waals surface area contributed by atoms with Gasteiger partial charge in [0.1, 0.15) is 5.82 Å². The fraction of sp³-hybridized carbons (Fsp3) is 0.357. The first-order valence-corrected chi connectivity index (χ1v) is 6.31. The van der Waals surface area contributed by atoms with Crippen LogP contribution in [0.1, 0.15) is 17.4 Å². The second-order valence-electron chi connectivity index (χ2n) is 4.86. The van der Waals surface area contributed by atoms with Crippen molar-refractivity contribution in [2.75, 3.05) is 19.0 Å². The van der Waals surface area contributed by atoms with Crippen LogP contribution in [0, 0.1) is 0 Å². The molecule has 102 valence electrons. The van der Waals surface area contributed by atoms with Crippen molar-refractivity contribution in [1.82, 2.24) is 15.0 Å². The van der Waals surface area contributed by atoms with Gasteiger partial charge in [0.15, 0.2) is 0 Å². The maximum absolute atomic E-state index is 5.67. The van der Waals surface area contributed by atoms with E-state index in [1.807, 2.05) is 31.9 Å². The zero-order valence-corrected chi connectivity index (χ0v) is 11.7. The van der Waals surface area contributed by atoms with E-state index in [1.54, 1.807) is 6.20 Å². The summed E-state index contributed by atoms with van der Waals surface area (Å²) in [6, 6.07) is 8.46. The van der Waals surface area contributed by atoms with Gasteiger partial charge in [0.25, 0.3) is 0 Å². The first-order chi connectivity index (χ1) is 9.11. The number of aryl methyl sites for hydroxylation is 1. The second kappa shape index (κ2) is 5.86. The Morgan fingerprint density at radius 2 is 2.00 bits per heavy atom. The summed E-state index contributed by atoms with van der Waals surface area (Å²) in [6.07, 6.45) is 4.51. The third kappa shape index (κ3) is 3.13. The maximum atomic E-state index is 5.67. The van der Waals surface area contributed by atoms with E-state index in [9.17, 15) is 0 Å². The minimum Gasteiger partial charge on any atom is -0.378 e. The molecule has 0 spiro atoms. The van der Waals surface area contributed by atoms with E-state index < -0.39 is 0 Å². The average Bonchev–Trinajstić information content (AvgIpc) is 2.81. The van der Waals surface area contributed by atoms with Crippen LogP contribution >= 0.6 is 0 Å². The third-order valence-electron chi connectivity index (χ3n) is 3.32. The Labute approximate surface area is 114 Å². The Bertz CT molecular complexity index is 515. The number of aromatic nitrogens is 2. The molecule has 1 aromatic heterocycles. The summed E-state index contributed by atoms with van der Waals surface area (Å²) in [5, 5.41) is 0. The highest BCUT2D eigenvalue weighted by atomic mass is 15.2. The quantitative estimate of drug-likeness (QED) is 0.626. The van der Waals surface area contributed by atoms with Gasteiger partial charge in [-0.1, -0.05) is 12.1 Å². The van der Waals surface area contributed by atoms with Crippen LogP contribution in [0.4, 0.5) is 5.69 Å². The molecular formula is C14H21N5. The van der Waals surface area contributed by atoms with Crippen LogP contribution < -0.4 is 16.2 Å². The number of hydrazine groups is 1. The van der Waals surface area contributed by atoms with Gasteiger partial charge in [0, 0.05) is 45.6 Å². The van der Waals surface area contributed by atoms with E-state index in [0.717, 1.165) is 17.8 Å². The molecule has 1 unspecified atom stereocenters. The number of rotatable bonds is 5. The molecule has 0 amide bonds. The Morgan fingerprint density at radius 3 is 2.47 bits per heavy atom. The van der Waals surface area contributed by atoms with Crippen molar-refractivity contribution in [2.45, 2.75) is 12.5 Å². The number of nitrogens with one attached hydrogen (secondary N) is 1. The minimum atomic E-state index is 0.0670. The Morgan fingerprint density at radius 1 is 1.32 bits per heavy atom. The smallest absolute Gasteiger partial charge is 0.110 e. The molecule has 0 saturated heterocycles. The highest BCUT2D eigenvalue weighted by Gasteiger charge is 2.13. The number of benzene rings is 1. The van der Waals surface area contributed by atoms with Crippen LogP contribution in [0.15, 0.2) is 36.7 Å². The van der Waals surface area contributed by atoms with Crippen molar-refractivity contribution in [3.63, 3.8) is 0 Å². The molecule has 0 bridgehead atoms. The number of hydrogen-bond donors (Lipinski definition) is 2. The van der Waals surface area contributed by atoms with E-state index in [1.165, 1.54) is 5.69 Å². The lowest BCUT2D eigenvalue weighted by molar-refractivity contribution is 0.530. The van der Waals surface area contributed by atoms with Gasteiger partial charge >= 0.3 is 0 Å². The molecule has 1 heterocycles. The molecule has 1 atom stereocenters. The summed E-state index contributed by atoms with van der Waals surface area (Å²) >= 11 is 0. The summed E-state index contributed by atoms with van der Waals surface area (Å²) in [5.74, 6) is 6.69. The van der Waals surface area contributed by atoms with Gasteiger partial charge in [0.05, 0.1) is 6.04 Å². The van der Waals surface area contributed by atoms with Crippen molar-refractivity contribution in [3.05, 3.63) is 48.0 Å². The number of anilines is 1. The molecule has 19 heavy (non-hydrogen) atoms. The van der Waals surface area contributed by atoms with Gasteiger partial charge in [-0.05, 0) is 17.7 Å². The van der Waals surface area contributed by atoms with E-state index in [0.29, 0.717) is 0 Å². The Kier molecular flexibility index (Phi) is 4.19. The van der Waals surface area contributed by atoms with Gasteiger partial charge in [-0.15, -0.1) is 0 Å². The Balaban J connectivity index is 2.15. The topological polar surface area (TPSA) is 59.1 Å². The van der Waals surface area contributed by atoms with Crippen LogP contribution in [0.5, 0.6) is 0 Å². The van der Waals surface area contributed by atoms with Gasteiger partial charge in [0.2, 0.25) is 0 Å². The molecule has 5 heteroatoms. The van der Waals surface area contributed by atoms with Crippen molar-refractivity contribution >= 4 is 5.69 Å². The number of nitrogens with zero attached hydrogens (tertiary/aromatic N) is 3. The van der Waals surface area contributed by atoms with Crippen molar-refractivity contribution in [3.8, 4) is 0 Å².